The maximum atomic E-state index is 5.63. The van der Waals surface area contributed by atoms with Gasteiger partial charge in [-0.2, -0.15) is 0 Å². The zero-order valence-electron chi connectivity index (χ0n) is 11.4. The molecule has 0 aliphatic carbocycles. The summed E-state index contributed by atoms with van der Waals surface area (Å²) in [6.45, 7) is 1.95. The number of aryl methyl sites for hydroxylation is 1. The standard InChI is InChI=1S/C14H17BrN4O/c1-9-7-17-14(18-8-9)13(19-16)6-10-5-11(20-2)3-4-12(10)15/h3-5,7-8,13,19H,6,16H2,1-2H3. The normalized spacial score (nSPS) is 12.2. The molecule has 0 saturated carbocycles. The molecule has 1 aromatic heterocycles. The zero-order chi connectivity index (χ0) is 14.5. The van der Waals surface area contributed by atoms with Crippen LogP contribution in [0.3, 0.4) is 0 Å². The maximum Gasteiger partial charge on any atom is 0.146 e. The van der Waals surface area contributed by atoms with E-state index in [2.05, 4.69) is 31.3 Å². The Morgan fingerprint density at radius 2 is 2.05 bits per heavy atom. The monoisotopic (exact) mass is 336 g/mol. The molecule has 0 amide bonds. The van der Waals surface area contributed by atoms with Gasteiger partial charge >= 0.3 is 0 Å². The molecule has 5 nitrogen and oxygen atoms in total. The summed E-state index contributed by atoms with van der Waals surface area (Å²) in [5, 5.41) is 0. The number of hydrazine groups is 1. The molecule has 1 aromatic carbocycles. The van der Waals surface area contributed by atoms with E-state index in [1.165, 1.54) is 0 Å². The summed E-state index contributed by atoms with van der Waals surface area (Å²) in [5.74, 6) is 7.12. The lowest BCUT2D eigenvalue weighted by atomic mass is 10.1. The number of nitrogens with two attached hydrogens (primary N) is 1. The van der Waals surface area contributed by atoms with Gasteiger partial charge in [-0.05, 0) is 42.7 Å². The highest BCUT2D eigenvalue weighted by Crippen LogP contribution is 2.26. The maximum absolute atomic E-state index is 5.63. The van der Waals surface area contributed by atoms with Gasteiger partial charge in [0.1, 0.15) is 11.6 Å². The highest BCUT2D eigenvalue weighted by Gasteiger charge is 2.15. The predicted octanol–water partition coefficient (Wildman–Crippen LogP) is 2.30. The number of benzene rings is 1. The summed E-state index contributed by atoms with van der Waals surface area (Å²) >= 11 is 3.54. The first kappa shape index (κ1) is 14.9. The van der Waals surface area contributed by atoms with Crippen LogP contribution in [0, 0.1) is 6.92 Å². The van der Waals surface area contributed by atoms with Gasteiger partial charge in [-0.1, -0.05) is 15.9 Å². The summed E-state index contributed by atoms with van der Waals surface area (Å²) in [4.78, 5) is 8.64. The third-order valence-electron chi connectivity index (χ3n) is 2.99. The Morgan fingerprint density at radius 3 is 2.65 bits per heavy atom. The van der Waals surface area contributed by atoms with Crippen LogP contribution in [0.4, 0.5) is 0 Å². The van der Waals surface area contributed by atoms with Crippen LogP contribution in [-0.2, 0) is 6.42 Å². The van der Waals surface area contributed by atoms with E-state index in [0.717, 1.165) is 21.3 Å². The van der Waals surface area contributed by atoms with Gasteiger partial charge < -0.3 is 4.74 Å². The van der Waals surface area contributed by atoms with Crippen molar-refractivity contribution in [1.29, 1.82) is 0 Å². The van der Waals surface area contributed by atoms with E-state index in [1.807, 2.05) is 25.1 Å². The molecule has 0 spiro atoms. The van der Waals surface area contributed by atoms with Crippen LogP contribution in [0.1, 0.15) is 23.0 Å². The van der Waals surface area contributed by atoms with Crippen LogP contribution < -0.4 is 16.0 Å². The van der Waals surface area contributed by atoms with Crippen molar-refractivity contribution in [2.45, 2.75) is 19.4 Å². The Bertz CT molecular complexity index is 574. The van der Waals surface area contributed by atoms with Crippen LogP contribution in [0.2, 0.25) is 0 Å². The second kappa shape index (κ2) is 6.78. The molecular formula is C14H17BrN4O. The van der Waals surface area contributed by atoms with E-state index in [1.54, 1.807) is 19.5 Å². The molecule has 6 heteroatoms. The van der Waals surface area contributed by atoms with Gasteiger partial charge in [-0.15, -0.1) is 0 Å². The van der Waals surface area contributed by atoms with Crippen molar-refractivity contribution in [1.82, 2.24) is 15.4 Å². The van der Waals surface area contributed by atoms with E-state index in [9.17, 15) is 0 Å². The molecule has 1 unspecified atom stereocenters. The summed E-state index contributed by atoms with van der Waals surface area (Å²) in [5.41, 5.74) is 4.86. The number of methoxy groups -OCH3 is 1. The molecule has 106 valence electrons. The fourth-order valence-corrected chi connectivity index (χ4v) is 2.27. The van der Waals surface area contributed by atoms with E-state index in [4.69, 9.17) is 10.6 Å². The number of halogens is 1. The first-order valence-corrected chi connectivity index (χ1v) is 7.00. The Labute approximate surface area is 126 Å². The number of nitrogens with one attached hydrogen (secondary N) is 1. The molecule has 0 bridgehead atoms. The van der Waals surface area contributed by atoms with Gasteiger partial charge in [0.05, 0.1) is 13.2 Å². The highest BCUT2D eigenvalue weighted by atomic mass is 79.9. The molecule has 3 N–H and O–H groups in total. The second-order valence-corrected chi connectivity index (χ2v) is 5.35. The van der Waals surface area contributed by atoms with Crippen LogP contribution in [0.5, 0.6) is 5.75 Å². The van der Waals surface area contributed by atoms with Crippen molar-refractivity contribution in [3.63, 3.8) is 0 Å². The van der Waals surface area contributed by atoms with E-state index >= 15 is 0 Å². The molecule has 20 heavy (non-hydrogen) atoms. The van der Waals surface area contributed by atoms with E-state index in [0.29, 0.717) is 12.2 Å². The number of rotatable bonds is 5. The van der Waals surface area contributed by atoms with Gasteiger partial charge in [0.15, 0.2) is 0 Å². The van der Waals surface area contributed by atoms with Gasteiger partial charge in [-0.3, -0.25) is 5.84 Å². The van der Waals surface area contributed by atoms with Crippen molar-refractivity contribution in [2.24, 2.45) is 5.84 Å². The highest BCUT2D eigenvalue weighted by molar-refractivity contribution is 9.10. The molecule has 1 atom stereocenters. The molecular weight excluding hydrogens is 320 g/mol. The number of nitrogens with zero attached hydrogens (tertiary/aromatic N) is 2. The van der Waals surface area contributed by atoms with E-state index < -0.39 is 0 Å². The lowest BCUT2D eigenvalue weighted by Crippen LogP contribution is -2.31. The molecule has 0 saturated heterocycles. The lowest BCUT2D eigenvalue weighted by Gasteiger charge is -2.16. The average molecular weight is 337 g/mol. The number of aromatic nitrogens is 2. The molecule has 0 fully saturated rings. The smallest absolute Gasteiger partial charge is 0.146 e. The van der Waals surface area contributed by atoms with Crippen molar-refractivity contribution in [2.75, 3.05) is 7.11 Å². The summed E-state index contributed by atoms with van der Waals surface area (Å²) in [6, 6.07) is 5.68. The Morgan fingerprint density at radius 1 is 1.35 bits per heavy atom. The topological polar surface area (TPSA) is 73.1 Å². The number of hydrogen-bond acceptors (Lipinski definition) is 5. The quantitative estimate of drug-likeness (QED) is 0.647. The van der Waals surface area contributed by atoms with Gasteiger partial charge in [0.25, 0.3) is 0 Å². The third-order valence-corrected chi connectivity index (χ3v) is 3.76. The third kappa shape index (κ3) is 3.53. The minimum absolute atomic E-state index is 0.154. The van der Waals surface area contributed by atoms with Gasteiger partial charge in [0, 0.05) is 16.9 Å². The Balaban J connectivity index is 2.23. The van der Waals surface area contributed by atoms with Crippen molar-refractivity contribution in [3.8, 4) is 5.75 Å². The fraction of sp³-hybridized carbons (Fsp3) is 0.286. The minimum Gasteiger partial charge on any atom is -0.497 e. The minimum atomic E-state index is -0.154. The largest absolute Gasteiger partial charge is 0.497 e. The van der Waals surface area contributed by atoms with Gasteiger partial charge in [0.2, 0.25) is 0 Å². The first-order chi connectivity index (χ1) is 9.63. The molecule has 2 aromatic rings. The van der Waals surface area contributed by atoms with E-state index in [-0.39, 0.29) is 6.04 Å². The summed E-state index contributed by atoms with van der Waals surface area (Å²) < 4.78 is 6.25. The summed E-state index contributed by atoms with van der Waals surface area (Å²) in [6.07, 6.45) is 4.23. The molecule has 1 heterocycles. The molecule has 2 rings (SSSR count). The average Bonchev–Trinajstić information content (AvgIpc) is 2.47. The number of ether oxygens (including phenoxy) is 1. The number of hydrogen-bond donors (Lipinski definition) is 2. The SMILES string of the molecule is COc1ccc(Br)c(CC(NN)c2ncc(C)cn2)c1. The van der Waals surface area contributed by atoms with Crippen LogP contribution in [0.25, 0.3) is 0 Å². The lowest BCUT2D eigenvalue weighted by molar-refractivity contribution is 0.413. The Hall–Kier alpha value is -1.50. The second-order valence-electron chi connectivity index (χ2n) is 4.50. The fourth-order valence-electron chi connectivity index (χ4n) is 1.86. The molecule has 0 radical (unpaired) electrons. The van der Waals surface area contributed by atoms with Crippen LogP contribution >= 0.6 is 15.9 Å². The van der Waals surface area contributed by atoms with Crippen molar-refractivity contribution in [3.05, 3.63) is 52.0 Å². The summed E-state index contributed by atoms with van der Waals surface area (Å²) in [7, 11) is 1.65. The molecule has 0 aliphatic heterocycles. The zero-order valence-corrected chi connectivity index (χ0v) is 13.0. The van der Waals surface area contributed by atoms with Crippen LogP contribution in [-0.4, -0.2) is 17.1 Å². The molecule has 0 aliphatic rings. The van der Waals surface area contributed by atoms with Crippen LogP contribution in [0.15, 0.2) is 35.1 Å². The first-order valence-electron chi connectivity index (χ1n) is 6.21. The van der Waals surface area contributed by atoms with Crippen molar-refractivity contribution >= 4 is 15.9 Å². The Kier molecular flexibility index (Phi) is 5.05. The predicted molar refractivity (Wildman–Crippen MR) is 81.2 cm³/mol. The van der Waals surface area contributed by atoms with Crippen molar-refractivity contribution < 1.29 is 4.74 Å². The van der Waals surface area contributed by atoms with Gasteiger partial charge in [-0.25, -0.2) is 15.4 Å².